The molecule has 0 saturated carbocycles. The van der Waals surface area contributed by atoms with Crippen molar-refractivity contribution in [2.45, 2.75) is 52.4 Å². The number of hydrogen-bond donors (Lipinski definition) is 0. The zero-order valence-electron chi connectivity index (χ0n) is 15.8. The van der Waals surface area contributed by atoms with E-state index in [0.29, 0.717) is 0 Å². The Hall–Kier alpha value is -2.08. The lowest BCUT2D eigenvalue weighted by atomic mass is 9.81. The minimum Gasteiger partial charge on any atom is -0.0622 e. The fourth-order valence-corrected chi connectivity index (χ4v) is 3.13. The van der Waals surface area contributed by atoms with Crippen molar-refractivity contribution in [2.24, 2.45) is 0 Å². The summed E-state index contributed by atoms with van der Waals surface area (Å²) in [5.41, 5.74) is 5.70. The van der Waals surface area contributed by atoms with Crippen LogP contribution in [0.2, 0.25) is 0 Å². The van der Waals surface area contributed by atoms with Gasteiger partial charge >= 0.3 is 0 Å². The molecular formula is C24H28. The molecule has 0 nitrogen and oxygen atoms in total. The molecule has 0 fully saturated rings. The number of fused-ring (bicyclic) bond motifs is 1. The van der Waals surface area contributed by atoms with Gasteiger partial charge in [0, 0.05) is 0 Å². The van der Waals surface area contributed by atoms with Crippen LogP contribution in [0.4, 0.5) is 0 Å². The van der Waals surface area contributed by atoms with Crippen molar-refractivity contribution in [2.75, 3.05) is 0 Å². The van der Waals surface area contributed by atoms with E-state index in [-0.39, 0.29) is 10.8 Å². The quantitative estimate of drug-likeness (QED) is 0.449. The SMILES string of the molecule is CC(C)(C)c1ccc2c(-c3ccccc3)cc(C(C)(C)C)cc2c1. The first-order valence-electron chi connectivity index (χ1n) is 8.80. The second-order valence-corrected chi connectivity index (χ2v) is 8.83. The maximum Gasteiger partial charge on any atom is -0.0102 e. The molecule has 0 amide bonds. The molecule has 0 bridgehead atoms. The Morgan fingerprint density at radius 2 is 1.17 bits per heavy atom. The van der Waals surface area contributed by atoms with Gasteiger partial charge in [-0.25, -0.2) is 0 Å². The van der Waals surface area contributed by atoms with Crippen LogP contribution < -0.4 is 0 Å². The van der Waals surface area contributed by atoms with Crippen molar-refractivity contribution < 1.29 is 0 Å². The van der Waals surface area contributed by atoms with Gasteiger partial charge in [0.2, 0.25) is 0 Å². The van der Waals surface area contributed by atoms with E-state index < -0.39 is 0 Å². The van der Waals surface area contributed by atoms with Crippen LogP contribution in [0, 0.1) is 0 Å². The predicted molar refractivity (Wildman–Crippen MR) is 107 cm³/mol. The molecule has 0 heteroatoms. The number of benzene rings is 3. The zero-order chi connectivity index (χ0) is 17.5. The highest BCUT2D eigenvalue weighted by Gasteiger charge is 2.19. The average molecular weight is 316 g/mol. The van der Waals surface area contributed by atoms with Gasteiger partial charge in [0.15, 0.2) is 0 Å². The van der Waals surface area contributed by atoms with Gasteiger partial charge in [0.1, 0.15) is 0 Å². The van der Waals surface area contributed by atoms with E-state index in [0.717, 1.165) is 0 Å². The third-order valence-electron chi connectivity index (χ3n) is 4.77. The standard InChI is InChI=1S/C24H28/c1-23(2,3)19-12-13-21-18(14-19)15-20(24(4,5)6)16-22(21)17-10-8-7-9-11-17/h7-16H,1-6H3. The first kappa shape index (κ1) is 16.8. The molecule has 0 atom stereocenters. The van der Waals surface area contributed by atoms with Crippen LogP contribution in [0.5, 0.6) is 0 Å². The molecule has 0 radical (unpaired) electrons. The molecule has 0 aliphatic heterocycles. The van der Waals surface area contributed by atoms with Gasteiger partial charge in [-0.05, 0) is 49.9 Å². The fourth-order valence-electron chi connectivity index (χ4n) is 3.13. The molecule has 0 aliphatic rings. The summed E-state index contributed by atoms with van der Waals surface area (Å²) in [4.78, 5) is 0. The molecule has 0 aliphatic carbocycles. The Bertz CT molecular complexity index is 851. The second-order valence-electron chi connectivity index (χ2n) is 8.83. The highest BCUT2D eigenvalue weighted by molar-refractivity contribution is 5.98. The van der Waals surface area contributed by atoms with E-state index in [4.69, 9.17) is 0 Å². The summed E-state index contributed by atoms with van der Waals surface area (Å²) in [5.74, 6) is 0. The Balaban J connectivity index is 2.33. The van der Waals surface area contributed by atoms with E-state index in [1.165, 1.54) is 33.0 Å². The van der Waals surface area contributed by atoms with Crippen molar-refractivity contribution in [3.05, 3.63) is 71.8 Å². The largest absolute Gasteiger partial charge is 0.0622 e. The third-order valence-corrected chi connectivity index (χ3v) is 4.77. The van der Waals surface area contributed by atoms with Crippen molar-refractivity contribution in [3.8, 4) is 11.1 Å². The molecule has 124 valence electrons. The smallest absolute Gasteiger partial charge is 0.0102 e. The molecular weight excluding hydrogens is 288 g/mol. The molecule has 0 heterocycles. The summed E-state index contributed by atoms with van der Waals surface area (Å²) in [6, 6.07) is 22.4. The third kappa shape index (κ3) is 3.24. The van der Waals surface area contributed by atoms with Crippen molar-refractivity contribution in [1.82, 2.24) is 0 Å². The van der Waals surface area contributed by atoms with Crippen LogP contribution in [0.25, 0.3) is 21.9 Å². The summed E-state index contributed by atoms with van der Waals surface area (Å²) >= 11 is 0. The van der Waals surface area contributed by atoms with Gasteiger partial charge in [0.05, 0.1) is 0 Å². The molecule has 0 unspecified atom stereocenters. The van der Waals surface area contributed by atoms with E-state index in [2.05, 4.69) is 102 Å². The van der Waals surface area contributed by atoms with Crippen LogP contribution in [0.15, 0.2) is 60.7 Å². The maximum absolute atomic E-state index is 2.37. The van der Waals surface area contributed by atoms with Crippen LogP contribution in [-0.4, -0.2) is 0 Å². The lowest BCUT2D eigenvalue weighted by Crippen LogP contribution is -2.12. The highest BCUT2D eigenvalue weighted by atomic mass is 14.2. The Morgan fingerprint density at radius 3 is 1.75 bits per heavy atom. The molecule has 3 rings (SSSR count). The molecule has 3 aromatic carbocycles. The van der Waals surface area contributed by atoms with Crippen LogP contribution in [0.1, 0.15) is 52.7 Å². The molecule has 3 aromatic rings. The van der Waals surface area contributed by atoms with Crippen molar-refractivity contribution in [1.29, 1.82) is 0 Å². The predicted octanol–water partition coefficient (Wildman–Crippen LogP) is 7.10. The topological polar surface area (TPSA) is 0 Å². The Kier molecular flexibility index (Phi) is 4.03. The molecule has 0 spiro atoms. The minimum atomic E-state index is 0.134. The minimum absolute atomic E-state index is 0.134. The summed E-state index contributed by atoms with van der Waals surface area (Å²) in [6.07, 6.45) is 0. The molecule has 0 aromatic heterocycles. The molecule has 0 N–H and O–H groups in total. The Morgan fingerprint density at radius 1 is 0.583 bits per heavy atom. The molecule has 24 heavy (non-hydrogen) atoms. The molecule has 0 saturated heterocycles. The van der Waals surface area contributed by atoms with Gasteiger partial charge in [0.25, 0.3) is 0 Å². The lowest BCUT2D eigenvalue weighted by Gasteiger charge is -2.24. The summed E-state index contributed by atoms with van der Waals surface area (Å²) in [7, 11) is 0. The lowest BCUT2D eigenvalue weighted by molar-refractivity contribution is 0.589. The van der Waals surface area contributed by atoms with E-state index >= 15 is 0 Å². The van der Waals surface area contributed by atoms with Crippen molar-refractivity contribution in [3.63, 3.8) is 0 Å². The summed E-state index contributed by atoms with van der Waals surface area (Å²) in [5, 5.41) is 2.68. The summed E-state index contributed by atoms with van der Waals surface area (Å²) in [6.45, 7) is 13.7. The summed E-state index contributed by atoms with van der Waals surface area (Å²) < 4.78 is 0. The van der Waals surface area contributed by atoms with Gasteiger partial charge in [-0.3, -0.25) is 0 Å². The highest BCUT2D eigenvalue weighted by Crippen LogP contribution is 2.36. The van der Waals surface area contributed by atoms with E-state index in [1.54, 1.807) is 0 Å². The van der Waals surface area contributed by atoms with Crippen molar-refractivity contribution >= 4 is 10.8 Å². The zero-order valence-corrected chi connectivity index (χ0v) is 15.8. The first-order valence-corrected chi connectivity index (χ1v) is 8.80. The number of hydrogen-bond acceptors (Lipinski definition) is 0. The van der Waals surface area contributed by atoms with Crippen LogP contribution in [-0.2, 0) is 10.8 Å². The maximum atomic E-state index is 2.37. The van der Waals surface area contributed by atoms with Gasteiger partial charge in [-0.15, -0.1) is 0 Å². The van der Waals surface area contributed by atoms with Crippen LogP contribution >= 0.6 is 0 Å². The first-order chi connectivity index (χ1) is 11.2. The van der Waals surface area contributed by atoms with Gasteiger partial charge in [-0.1, -0.05) is 96.1 Å². The van der Waals surface area contributed by atoms with E-state index in [9.17, 15) is 0 Å². The average Bonchev–Trinajstić information content (AvgIpc) is 2.52. The van der Waals surface area contributed by atoms with E-state index in [1.807, 2.05) is 0 Å². The Labute approximate surface area is 146 Å². The normalized spacial score (nSPS) is 12.6. The van der Waals surface area contributed by atoms with Gasteiger partial charge < -0.3 is 0 Å². The fraction of sp³-hybridized carbons (Fsp3) is 0.333. The number of rotatable bonds is 1. The monoisotopic (exact) mass is 316 g/mol. The van der Waals surface area contributed by atoms with Crippen LogP contribution in [0.3, 0.4) is 0 Å². The second kappa shape index (κ2) is 5.77. The van der Waals surface area contributed by atoms with Gasteiger partial charge in [-0.2, -0.15) is 0 Å².